The molecule has 0 bridgehead atoms. The minimum Gasteiger partial charge on any atom is -0.306 e. The van der Waals surface area contributed by atoms with Gasteiger partial charge in [0.05, 0.1) is 15.9 Å². The highest BCUT2D eigenvalue weighted by molar-refractivity contribution is 7.92. The molecule has 0 aliphatic heterocycles. The van der Waals surface area contributed by atoms with Gasteiger partial charge >= 0.3 is 5.69 Å². The summed E-state index contributed by atoms with van der Waals surface area (Å²) in [4.78, 5) is 20.7. The summed E-state index contributed by atoms with van der Waals surface area (Å²) in [6.07, 6.45) is 0. The van der Waals surface area contributed by atoms with Crippen LogP contribution in [0.25, 0.3) is 11.0 Å². The lowest BCUT2D eigenvalue weighted by atomic mass is 10.3. The van der Waals surface area contributed by atoms with E-state index in [9.17, 15) is 13.2 Å². The summed E-state index contributed by atoms with van der Waals surface area (Å²) in [5.41, 5.74) is 1.35. The number of aromatic nitrogens is 3. The third kappa shape index (κ3) is 2.37. The fourth-order valence-electron chi connectivity index (χ4n) is 2.16. The summed E-state index contributed by atoms with van der Waals surface area (Å²) >= 11 is 0. The molecule has 2 N–H and O–H groups in total. The van der Waals surface area contributed by atoms with Gasteiger partial charge in [0.1, 0.15) is 5.82 Å². The Morgan fingerprint density at radius 2 is 1.82 bits per heavy atom. The predicted molar refractivity (Wildman–Crippen MR) is 83.5 cm³/mol. The van der Waals surface area contributed by atoms with Gasteiger partial charge in [0, 0.05) is 12.7 Å². The van der Waals surface area contributed by atoms with E-state index in [4.69, 9.17) is 0 Å². The van der Waals surface area contributed by atoms with Crippen LogP contribution in [-0.2, 0) is 10.0 Å². The van der Waals surface area contributed by atoms with E-state index in [1.807, 2.05) is 0 Å². The smallest absolute Gasteiger partial charge is 0.306 e. The predicted octanol–water partition coefficient (Wildman–Crippen LogP) is 1.38. The minimum atomic E-state index is -3.76. The van der Waals surface area contributed by atoms with Crippen molar-refractivity contribution in [2.45, 2.75) is 11.8 Å². The molecule has 8 heteroatoms. The van der Waals surface area contributed by atoms with Gasteiger partial charge in [-0.1, -0.05) is 6.07 Å². The van der Waals surface area contributed by atoms with Gasteiger partial charge in [-0.3, -0.25) is 4.31 Å². The number of hydrogen-bond donors (Lipinski definition) is 2. The number of H-pyrrole nitrogens is 2. The monoisotopic (exact) mass is 318 g/mol. The molecule has 3 rings (SSSR count). The maximum Gasteiger partial charge on any atom is 0.323 e. The van der Waals surface area contributed by atoms with Crippen molar-refractivity contribution in [2.75, 3.05) is 11.4 Å². The number of benzene rings is 1. The molecule has 22 heavy (non-hydrogen) atoms. The highest BCUT2D eigenvalue weighted by Crippen LogP contribution is 2.22. The first-order valence-corrected chi connectivity index (χ1v) is 7.96. The third-order valence-corrected chi connectivity index (χ3v) is 5.10. The Labute approximate surface area is 126 Å². The topological polar surface area (TPSA) is 98.9 Å². The molecule has 0 aliphatic carbocycles. The number of imidazole rings is 1. The number of sulfonamides is 1. The molecule has 0 spiro atoms. The zero-order valence-corrected chi connectivity index (χ0v) is 12.8. The van der Waals surface area contributed by atoms with Crippen molar-refractivity contribution in [3.63, 3.8) is 0 Å². The van der Waals surface area contributed by atoms with Crippen LogP contribution in [0.3, 0.4) is 0 Å². The molecule has 0 aliphatic rings. The number of nitrogens with zero attached hydrogens (tertiary/aromatic N) is 2. The Balaban J connectivity index is 2.08. The van der Waals surface area contributed by atoms with E-state index >= 15 is 0 Å². The first kappa shape index (κ1) is 14.3. The number of aromatic amines is 2. The standard InChI is InChI=1S/C14H14N4O3S/c1-9-4-3-5-13(15-9)18(2)22(20,21)10-6-7-11-12(8-10)17-14(19)16-11/h3-8H,1-2H3,(H2,16,17,19). The average Bonchev–Trinajstić information content (AvgIpc) is 2.85. The highest BCUT2D eigenvalue weighted by Gasteiger charge is 2.22. The van der Waals surface area contributed by atoms with E-state index < -0.39 is 10.0 Å². The van der Waals surface area contributed by atoms with E-state index in [-0.39, 0.29) is 10.6 Å². The van der Waals surface area contributed by atoms with Crippen molar-refractivity contribution in [1.29, 1.82) is 0 Å². The number of aryl methyl sites for hydroxylation is 1. The number of pyridine rings is 1. The molecule has 0 atom stereocenters. The second-order valence-electron chi connectivity index (χ2n) is 4.90. The summed E-state index contributed by atoms with van der Waals surface area (Å²) in [5, 5.41) is 0. The van der Waals surface area contributed by atoms with E-state index in [1.54, 1.807) is 31.2 Å². The second-order valence-corrected chi connectivity index (χ2v) is 6.87. The van der Waals surface area contributed by atoms with Gasteiger partial charge in [-0.05, 0) is 37.3 Å². The van der Waals surface area contributed by atoms with Crippen LogP contribution in [-0.4, -0.2) is 30.4 Å². The average molecular weight is 318 g/mol. The van der Waals surface area contributed by atoms with Gasteiger partial charge in [0.25, 0.3) is 10.0 Å². The van der Waals surface area contributed by atoms with Crippen LogP contribution < -0.4 is 9.99 Å². The first-order chi connectivity index (χ1) is 10.4. The van der Waals surface area contributed by atoms with Gasteiger partial charge < -0.3 is 9.97 Å². The zero-order chi connectivity index (χ0) is 15.9. The third-order valence-electron chi connectivity index (χ3n) is 3.34. The highest BCUT2D eigenvalue weighted by atomic mass is 32.2. The Morgan fingerprint density at radius 1 is 1.09 bits per heavy atom. The van der Waals surface area contributed by atoms with E-state index in [2.05, 4.69) is 15.0 Å². The number of rotatable bonds is 3. The summed E-state index contributed by atoms with van der Waals surface area (Å²) < 4.78 is 26.5. The fraction of sp³-hybridized carbons (Fsp3) is 0.143. The van der Waals surface area contributed by atoms with Crippen molar-refractivity contribution >= 4 is 26.9 Å². The normalized spacial score (nSPS) is 11.7. The van der Waals surface area contributed by atoms with Crippen molar-refractivity contribution in [3.05, 3.63) is 52.6 Å². The van der Waals surface area contributed by atoms with Crippen LogP contribution in [0.1, 0.15) is 5.69 Å². The molecule has 114 valence electrons. The molecule has 0 unspecified atom stereocenters. The fourth-order valence-corrected chi connectivity index (χ4v) is 3.33. The maximum absolute atomic E-state index is 12.7. The van der Waals surface area contributed by atoms with Crippen LogP contribution in [0.5, 0.6) is 0 Å². The molecule has 0 saturated carbocycles. The van der Waals surface area contributed by atoms with Crippen LogP contribution in [0.2, 0.25) is 0 Å². The van der Waals surface area contributed by atoms with E-state index in [0.717, 1.165) is 10.00 Å². The summed E-state index contributed by atoms with van der Waals surface area (Å²) in [5.74, 6) is 0.336. The second kappa shape index (κ2) is 4.99. The largest absolute Gasteiger partial charge is 0.323 e. The summed E-state index contributed by atoms with van der Waals surface area (Å²) in [7, 11) is -2.31. The quantitative estimate of drug-likeness (QED) is 0.762. The lowest BCUT2D eigenvalue weighted by Crippen LogP contribution is -2.27. The Morgan fingerprint density at radius 3 is 2.55 bits per heavy atom. The number of fused-ring (bicyclic) bond motifs is 1. The number of hydrogen-bond acceptors (Lipinski definition) is 4. The van der Waals surface area contributed by atoms with Crippen molar-refractivity contribution in [2.24, 2.45) is 0 Å². The van der Waals surface area contributed by atoms with Gasteiger partial charge in [0.15, 0.2) is 0 Å². The lowest BCUT2D eigenvalue weighted by Gasteiger charge is -2.18. The van der Waals surface area contributed by atoms with Gasteiger partial charge in [0.2, 0.25) is 0 Å². The van der Waals surface area contributed by atoms with E-state index in [1.165, 1.54) is 19.2 Å². The van der Waals surface area contributed by atoms with Crippen LogP contribution in [0.15, 0.2) is 46.1 Å². The molecule has 1 aromatic carbocycles. The summed E-state index contributed by atoms with van der Waals surface area (Å²) in [6.45, 7) is 1.79. The first-order valence-electron chi connectivity index (χ1n) is 6.52. The van der Waals surface area contributed by atoms with Crippen LogP contribution in [0, 0.1) is 6.92 Å². The molecule has 2 aromatic heterocycles. The lowest BCUT2D eigenvalue weighted by molar-refractivity contribution is 0.594. The molecular weight excluding hydrogens is 304 g/mol. The van der Waals surface area contributed by atoms with Crippen molar-refractivity contribution in [3.8, 4) is 0 Å². The van der Waals surface area contributed by atoms with Gasteiger partial charge in [-0.2, -0.15) is 0 Å². The van der Waals surface area contributed by atoms with E-state index in [0.29, 0.717) is 16.9 Å². The van der Waals surface area contributed by atoms with Gasteiger partial charge in [-0.25, -0.2) is 18.2 Å². The van der Waals surface area contributed by atoms with Crippen LogP contribution >= 0.6 is 0 Å². The minimum absolute atomic E-state index is 0.0843. The van der Waals surface area contributed by atoms with Crippen molar-refractivity contribution in [1.82, 2.24) is 15.0 Å². The van der Waals surface area contributed by atoms with Crippen molar-refractivity contribution < 1.29 is 8.42 Å². The Kier molecular flexibility index (Phi) is 3.25. The number of nitrogens with one attached hydrogen (secondary N) is 2. The molecule has 0 saturated heterocycles. The molecule has 0 fully saturated rings. The molecule has 7 nitrogen and oxygen atoms in total. The maximum atomic E-state index is 12.7. The van der Waals surface area contributed by atoms with Gasteiger partial charge in [-0.15, -0.1) is 0 Å². The molecular formula is C14H14N4O3S. The number of anilines is 1. The molecule has 3 aromatic rings. The Hall–Kier alpha value is -2.61. The zero-order valence-electron chi connectivity index (χ0n) is 12.0. The molecule has 0 amide bonds. The molecule has 0 radical (unpaired) electrons. The van der Waals surface area contributed by atoms with Crippen LogP contribution in [0.4, 0.5) is 5.82 Å². The SMILES string of the molecule is Cc1cccc(N(C)S(=O)(=O)c2ccc3[nH]c(=O)[nH]c3c2)n1. The summed E-state index contributed by atoms with van der Waals surface area (Å²) in [6, 6.07) is 9.60. The Bertz CT molecular complexity index is 1000. The molecule has 2 heterocycles.